The predicted molar refractivity (Wildman–Crippen MR) is 81.7 cm³/mol. The van der Waals surface area contributed by atoms with E-state index < -0.39 is 11.6 Å². The van der Waals surface area contributed by atoms with Crippen LogP contribution in [0.3, 0.4) is 0 Å². The van der Waals surface area contributed by atoms with E-state index >= 15 is 0 Å². The van der Waals surface area contributed by atoms with Crippen LogP contribution in [0.2, 0.25) is 0 Å². The van der Waals surface area contributed by atoms with Gasteiger partial charge in [-0.2, -0.15) is 0 Å². The molecule has 1 heterocycles. The van der Waals surface area contributed by atoms with Crippen LogP contribution in [0.5, 0.6) is 5.75 Å². The number of ether oxygens (including phenoxy) is 1. The maximum atomic E-state index is 13.8. The second kappa shape index (κ2) is 5.64. The molecule has 1 aliphatic rings. The lowest BCUT2D eigenvalue weighted by molar-refractivity contribution is 0.357. The average molecular weight is 354 g/mol. The maximum Gasteiger partial charge on any atom is 0.147 e. The van der Waals surface area contributed by atoms with Gasteiger partial charge in [-0.3, -0.25) is 0 Å². The van der Waals surface area contributed by atoms with Crippen LogP contribution in [0.25, 0.3) is 0 Å². The summed E-state index contributed by atoms with van der Waals surface area (Å²) in [6, 6.07) is 8.06. The van der Waals surface area contributed by atoms with Crippen molar-refractivity contribution in [2.24, 2.45) is 0 Å². The number of anilines is 1. The van der Waals surface area contributed by atoms with Gasteiger partial charge >= 0.3 is 0 Å². The topological polar surface area (TPSA) is 21.3 Å². The highest BCUT2D eigenvalue weighted by Crippen LogP contribution is 2.30. The first-order valence-corrected chi connectivity index (χ1v) is 7.50. The summed E-state index contributed by atoms with van der Waals surface area (Å²) < 4.78 is 33.0. The fourth-order valence-corrected chi connectivity index (χ4v) is 2.74. The van der Waals surface area contributed by atoms with Crippen molar-refractivity contribution < 1.29 is 13.5 Å². The van der Waals surface area contributed by atoms with E-state index in [4.69, 9.17) is 4.74 Å². The quantitative estimate of drug-likeness (QED) is 0.797. The van der Waals surface area contributed by atoms with Crippen molar-refractivity contribution in [3.8, 4) is 5.75 Å². The molecule has 2 nitrogen and oxygen atoms in total. The van der Waals surface area contributed by atoms with Gasteiger partial charge in [-0.1, -0.05) is 6.07 Å². The lowest BCUT2D eigenvalue weighted by Crippen LogP contribution is -2.08. The van der Waals surface area contributed by atoms with Gasteiger partial charge in [-0.25, -0.2) is 8.78 Å². The maximum absolute atomic E-state index is 13.8. The van der Waals surface area contributed by atoms with Gasteiger partial charge < -0.3 is 10.1 Å². The van der Waals surface area contributed by atoms with Crippen molar-refractivity contribution in [1.29, 1.82) is 0 Å². The molecule has 1 aliphatic heterocycles. The lowest BCUT2D eigenvalue weighted by atomic mass is 10.0. The first kappa shape index (κ1) is 14.3. The van der Waals surface area contributed by atoms with Crippen LogP contribution in [0, 0.1) is 11.6 Å². The minimum atomic E-state index is -0.492. The van der Waals surface area contributed by atoms with Gasteiger partial charge in [0.1, 0.15) is 17.4 Å². The number of fused-ring (bicyclic) bond motifs is 1. The smallest absolute Gasteiger partial charge is 0.147 e. The summed E-state index contributed by atoms with van der Waals surface area (Å²) in [5, 5.41) is 3.01. The largest absolute Gasteiger partial charge is 0.493 e. The van der Waals surface area contributed by atoms with E-state index in [2.05, 4.69) is 21.2 Å². The molecule has 1 unspecified atom stereocenters. The number of rotatable bonds is 3. The van der Waals surface area contributed by atoms with Crippen molar-refractivity contribution in [2.75, 3.05) is 11.9 Å². The van der Waals surface area contributed by atoms with Crippen molar-refractivity contribution in [1.82, 2.24) is 0 Å². The molecule has 3 rings (SSSR count). The number of nitrogens with one attached hydrogen (secondary N) is 1. The highest BCUT2D eigenvalue weighted by Gasteiger charge is 2.16. The highest BCUT2D eigenvalue weighted by atomic mass is 79.9. The average Bonchev–Trinajstić information content (AvgIpc) is 2.92. The Morgan fingerprint density at radius 2 is 2.00 bits per heavy atom. The third-order valence-electron chi connectivity index (χ3n) is 3.60. The monoisotopic (exact) mass is 353 g/mol. The van der Waals surface area contributed by atoms with Gasteiger partial charge in [0, 0.05) is 18.5 Å². The summed E-state index contributed by atoms with van der Waals surface area (Å²) in [4.78, 5) is 0. The molecule has 0 fully saturated rings. The van der Waals surface area contributed by atoms with Crippen LogP contribution in [-0.2, 0) is 6.42 Å². The van der Waals surface area contributed by atoms with Crippen LogP contribution in [0.15, 0.2) is 34.8 Å². The van der Waals surface area contributed by atoms with E-state index in [9.17, 15) is 8.78 Å². The molecule has 0 radical (unpaired) electrons. The Balaban J connectivity index is 1.83. The summed E-state index contributed by atoms with van der Waals surface area (Å²) >= 11 is 2.97. The molecule has 5 heteroatoms. The van der Waals surface area contributed by atoms with E-state index in [1.54, 1.807) is 0 Å². The molecule has 0 saturated heterocycles. The highest BCUT2D eigenvalue weighted by molar-refractivity contribution is 9.10. The molecule has 0 aliphatic carbocycles. The SMILES string of the molecule is CC(Nc1cc(F)c(Br)cc1F)c1ccc2c(c1)CCO2. The zero-order valence-corrected chi connectivity index (χ0v) is 13.0. The van der Waals surface area contributed by atoms with Gasteiger partial charge in [0.25, 0.3) is 0 Å². The van der Waals surface area contributed by atoms with Crippen molar-refractivity contribution in [2.45, 2.75) is 19.4 Å². The first-order valence-electron chi connectivity index (χ1n) is 6.71. The van der Waals surface area contributed by atoms with Crippen molar-refractivity contribution >= 4 is 21.6 Å². The first-order chi connectivity index (χ1) is 10.0. The van der Waals surface area contributed by atoms with E-state index in [0.29, 0.717) is 6.61 Å². The molecule has 0 saturated carbocycles. The van der Waals surface area contributed by atoms with Crippen LogP contribution < -0.4 is 10.1 Å². The number of hydrogen-bond acceptors (Lipinski definition) is 2. The van der Waals surface area contributed by atoms with Crippen LogP contribution in [0.4, 0.5) is 14.5 Å². The summed E-state index contributed by atoms with van der Waals surface area (Å²) in [5.41, 5.74) is 2.32. The van der Waals surface area contributed by atoms with E-state index in [1.165, 1.54) is 0 Å². The molecule has 1 atom stereocenters. The predicted octanol–water partition coefficient (Wildman–Crippen LogP) is 4.84. The minimum absolute atomic E-state index is 0.118. The Morgan fingerprint density at radius 3 is 2.81 bits per heavy atom. The molecule has 2 aromatic carbocycles. The molecule has 2 aromatic rings. The van der Waals surface area contributed by atoms with Gasteiger partial charge in [0.05, 0.1) is 16.8 Å². The zero-order chi connectivity index (χ0) is 15.0. The Hall–Kier alpha value is -1.62. The molecule has 0 aromatic heterocycles. The normalized spacial score (nSPS) is 14.5. The van der Waals surface area contributed by atoms with Crippen molar-refractivity contribution in [3.63, 3.8) is 0 Å². The van der Waals surface area contributed by atoms with Gasteiger partial charge in [0.2, 0.25) is 0 Å². The third kappa shape index (κ3) is 2.88. The van der Waals surface area contributed by atoms with E-state index in [-0.39, 0.29) is 16.2 Å². The van der Waals surface area contributed by atoms with Gasteiger partial charge in [-0.15, -0.1) is 0 Å². The molecule has 0 spiro atoms. The molecule has 110 valence electrons. The van der Waals surface area contributed by atoms with Crippen LogP contribution in [-0.4, -0.2) is 6.61 Å². The van der Waals surface area contributed by atoms with E-state index in [0.717, 1.165) is 35.4 Å². The molecular formula is C16H14BrF2NO. The zero-order valence-electron chi connectivity index (χ0n) is 11.4. The Labute approximate surface area is 130 Å². The Kier molecular flexibility index (Phi) is 3.85. The Bertz CT molecular complexity index is 690. The second-order valence-corrected chi connectivity index (χ2v) is 5.93. The summed E-state index contributed by atoms with van der Waals surface area (Å²) in [7, 11) is 0. The lowest BCUT2D eigenvalue weighted by Gasteiger charge is -2.17. The molecule has 21 heavy (non-hydrogen) atoms. The van der Waals surface area contributed by atoms with Crippen molar-refractivity contribution in [3.05, 3.63) is 57.6 Å². The number of halogens is 3. The summed E-state index contributed by atoms with van der Waals surface area (Å²) in [6.07, 6.45) is 0.886. The summed E-state index contributed by atoms with van der Waals surface area (Å²) in [6.45, 7) is 2.62. The molecule has 0 amide bonds. The van der Waals surface area contributed by atoms with Gasteiger partial charge in [-0.05, 0) is 52.2 Å². The van der Waals surface area contributed by atoms with E-state index in [1.807, 2.05) is 25.1 Å². The van der Waals surface area contributed by atoms with Gasteiger partial charge in [0.15, 0.2) is 0 Å². The number of hydrogen-bond donors (Lipinski definition) is 1. The fraction of sp³-hybridized carbons (Fsp3) is 0.250. The molecule has 0 bridgehead atoms. The number of benzene rings is 2. The van der Waals surface area contributed by atoms with Crippen LogP contribution in [0.1, 0.15) is 24.1 Å². The third-order valence-corrected chi connectivity index (χ3v) is 4.20. The second-order valence-electron chi connectivity index (χ2n) is 5.08. The minimum Gasteiger partial charge on any atom is -0.493 e. The molecule has 1 N–H and O–H groups in total. The standard InChI is InChI=1S/C16H14BrF2NO/c1-9(10-2-3-16-11(6-10)4-5-21-16)20-15-8-13(18)12(17)7-14(15)19/h2-3,6-9,20H,4-5H2,1H3. The van der Waals surface area contributed by atoms with Crippen LogP contribution >= 0.6 is 15.9 Å². The summed E-state index contributed by atoms with van der Waals surface area (Å²) in [5.74, 6) is -0.0695. The fourth-order valence-electron chi connectivity index (χ4n) is 2.43. The Morgan fingerprint density at radius 1 is 1.19 bits per heavy atom. The molecular weight excluding hydrogens is 340 g/mol.